The number of carbonyl (C=O) groups excluding carboxylic acids is 6. The highest BCUT2D eigenvalue weighted by molar-refractivity contribution is 6.23. The summed E-state index contributed by atoms with van der Waals surface area (Å²) in [6, 6.07) is 11.2. The maximum Gasteiger partial charge on any atom is 0.262 e. The molecule has 14 nitrogen and oxygen atoms in total. The number of piperidine rings is 3. The lowest BCUT2D eigenvalue weighted by Crippen LogP contribution is -2.54. The number of aromatic nitrogens is 1. The molecule has 5 aliphatic heterocycles. The van der Waals surface area contributed by atoms with E-state index in [0.29, 0.717) is 48.5 Å². The van der Waals surface area contributed by atoms with Crippen LogP contribution in [0.2, 0.25) is 0 Å². The van der Waals surface area contributed by atoms with Gasteiger partial charge in [0.15, 0.2) is 0 Å². The molecule has 1 saturated carbocycles. The number of benzene rings is 2. The summed E-state index contributed by atoms with van der Waals surface area (Å²) in [6.45, 7) is 9.98. The number of nitrogens with one attached hydrogen (secondary N) is 2. The zero-order valence-corrected chi connectivity index (χ0v) is 36.2. The minimum Gasteiger partial charge on any atom is -0.369 e. The van der Waals surface area contributed by atoms with E-state index in [1.807, 2.05) is 23.2 Å². The molecule has 334 valence electrons. The third-order valence-electron chi connectivity index (χ3n) is 15.0. The maximum absolute atomic E-state index is 14.1. The average Bonchev–Trinajstić information content (AvgIpc) is 3.54. The van der Waals surface area contributed by atoms with Gasteiger partial charge in [0.25, 0.3) is 11.8 Å². The highest BCUT2D eigenvalue weighted by Crippen LogP contribution is 2.41. The molecule has 4 saturated heterocycles. The highest BCUT2D eigenvalue weighted by Gasteiger charge is 2.45. The first kappa shape index (κ1) is 43.0. The maximum atomic E-state index is 14.1. The van der Waals surface area contributed by atoms with Crippen molar-refractivity contribution in [2.24, 2.45) is 17.8 Å². The molecule has 2 aromatic carbocycles. The normalized spacial score (nSPS) is 25.0. The van der Waals surface area contributed by atoms with Crippen molar-refractivity contribution in [1.29, 1.82) is 0 Å². The van der Waals surface area contributed by atoms with Gasteiger partial charge in [-0.3, -0.25) is 53.8 Å². The largest absolute Gasteiger partial charge is 0.369 e. The van der Waals surface area contributed by atoms with Crippen LogP contribution in [0.5, 0.6) is 0 Å². The Labute approximate surface area is 367 Å². The molecule has 1 unspecified atom stereocenters. The average molecular weight is 863 g/mol. The molecule has 63 heavy (non-hydrogen) atoms. The van der Waals surface area contributed by atoms with Crippen molar-refractivity contribution in [1.82, 2.24) is 35.2 Å². The second-order valence-corrected chi connectivity index (χ2v) is 18.8. The Balaban J connectivity index is 0.660. The van der Waals surface area contributed by atoms with Gasteiger partial charge < -0.3 is 15.1 Å². The van der Waals surface area contributed by atoms with Crippen molar-refractivity contribution in [3.63, 3.8) is 0 Å². The Morgan fingerprint density at radius 1 is 0.794 bits per heavy atom. The molecular formula is C48H59FN8O6. The van der Waals surface area contributed by atoms with Crippen molar-refractivity contribution >= 4 is 52.0 Å². The van der Waals surface area contributed by atoms with Gasteiger partial charge in [-0.25, -0.2) is 4.39 Å². The number of carbonyl (C=O) groups is 6. The van der Waals surface area contributed by atoms with Crippen LogP contribution >= 0.6 is 0 Å². The standard InChI is InChI=1S/C48H59FN8O6/c1-30(32-2-4-33(5-3-32)37-12-17-50-41-9-6-34(49)26-39(37)41)45(60)51-35-15-20-56(21-16-35)44(59)29-53-18-13-31(14-19-53)28-54-22-24-55(25-23-54)36-7-8-38-40(27-36)48(63)57(47(38)62)42-10-11-43(58)52-46(42)61/h6-9,12,17,26-27,30-33,35,42H,2-5,10-11,13-16,18-25,28-29H2,1H3,(H,51,60)(H,52,58,61)/t30-,32?,33?,42?/m1/s1. The monoisotopic (exact) mass is 862 g/mol. The van der Waals surface area contributed by atoms with Gasteiger partial charge in [0, 0.05) is 81.5 Å². The highest BCUT2D eigenvalue weighted by atomic mass is 19.1. The number of halogens is 1. The van der Waals surface area contributed by atoms with Crippen LogP contribution in [-0.4, -0.2) is 138 Å². The minimum absolute atomic E-state index is 0.0784. The summed E-state index contributed by atoms with van der Waals surface area (Å²) in [4.78, 5) is 91.8. The summed E-state index contributed by atoms with van der Waals surface area (Å²) in [5.74, 6) is -0.806. The van der Waals surface area contributed by atoms with Crippen LogP contribution in [-0.2, 0) is 19.2 Å². The zero-order chi connectivity index (χ0) is 43.8. The lowest BCUT2D eigenvalue weighted by Gasteiger charge is -2.40. The van der Waals surface area contributed by atoms with E-state index in [4.69, 9.17) is 0 Å². The molecule has 15 heteroatoms. The Bertz CT molecular complexity index is 2260. The van der Waals surface area contributed by atoms with Crippen LogP contribution in [0.25, 0.3) is 10.9 Å². The summed E-state index contributed by atoms with van der Waals surface area (Å²) in [5.41, 5.74) is 3.45. The number of fused-ring (bicyclic) bond motifs is 2. The van der Waals surface area contributed by atoms with Crippen molar-refractivity contribution in [3.8, 4) is 0 Å². The Morgan fingerprint density at radius 2 is 1.52 bits per heavy atom. The quantitative estimate of drug-likeness (QED) is 0.282. The van der Waals surface area contributed by atoms with Crippen LogP contribution < -0.4 is 15.5 Å². The van der Waals surface area contributed by atoms with Gasteiger partial charge in [-0.1, -0.05) is 6.92 Å². The van der Waals surface area contributed by atoms with E-state index in [2.05, 4.69) is 37.2 Å². The molecule has 6 aliphatic rings. The van der Waals surface area contributed by atoms with E-state index in [9.17, 15) is 33.2 Å². The fourth-order valence-electron chi connectivity index (χ4n) is 11.1. The Hall–Kier alpha value is -5.28. The fraction of sp³-hybridized carbons (Fsp3) is 0.562. The van der Waals surface area contributed by atoms with Crippen LogP contribution in [0, 0.1) is 23.6 Å². The number of hydrogen-bond acceptors (Lipinski definition) is 10. The molecule has 6 heterocycles. The number of amides is 6. The molecule has 6 amide bonds. The third-order valence-corrected chi connectivity index (χ3v) is 15.0. The van der Waals surface area contributed by atoms with Crippen molar-refractivity contribution in [2.75, 3.05) is 70.3 Å². The Kier molecular flexibility index (Phi) is 12.6. The molecule has 2 N–H and O–H groups in total. The van der Waals surface area contributed by atoms with Gasteiger partial charge in [0.2, 0.25) is 23.6 Å². The SMILES string of the molecule is C[C@@H](C(=O)NC1CCN(C(=O)CN2CCC(CN3CCN(c4ccc5c(c4)C(=O)N(C4CCC(=O)NC4=O)C5=O)CC3)CC2)CC1)C1CCC(c2ccnc3ccc(F)cc23)CC1. The van der Waals surface area contributed by atoms with E-state index in [-0.39, 0.29) is 42.4 Å². The first-order valence-electron chi connectivity index (χ1n) is 23.2. The molecule has 0 bridgehead atoms. The summed E-state index contributed by atoms with van der Waals surface area (Å²) < 4.78 is 14.1. The number of rotatable bonds is 10. The number of hydrogen-bond donors (Lipinski definition) is 2. The number of anilines is 1. The van der Waals surface area contributed by atoms with Crippen molar-refractivity contribution < 1.29 is 33.2 Å². The number of likely N-dealkylation sites (tertiary alicyclic amines) is 2. The lowest BCUT2D eigenvalue weighted by atomic mass is 9.73. The fourth-order valence-corrected chi connectivity index (χ4v) is 11.1. The second-order valence-electron chi connectivity index (χ2n) is 18.8. The van der Waals surface area contributed by atoms with Crippen LogP contribution in [0.15, 0.2) is 48.7 Å². The molecule has 0 spiro atoms. The molecule has 5 fully saturated rings. The second kappa shape index (κ2) is 18.4. The third kappa shape index (κ3) is 9.22. The van der Waals surface area contributed by atoms with E-state index < -0.39 is 29.7 Å². The molecule has 9 rings (SSSR count). The van der Waals surface area contributed by atoms with Crippen molar-refractivity contribution in [3.05, 3.63) is 71.2 Å². The molecule has 1 aromatic heterocycles. The van der Waals surface area contributed by atoms with E-state index >= 15 is 0 Å². The predicted molar refractivity (Wildman–Crippen MR) is 234 cm³/mol. The van der Waals surface area contributed by atoms with Gasteiger partial charge in [-0.15, -0.1) is 0 Å². The summed E-state index contributed by atoms with van der Waals surface area (Å²) in [5, 5.41) is 6.45. The Morgan fingerprint density at radius 3 is 2.25 bits per heavy atom. The molecule has 1 aliphatic carbocycles. The van der Waals surface area contributed by atoms with Gasteiger partial charge >= 0.3 is 0 Å². The molecule has 2 atom stereocenters. The smallest absolute Gasteiger partial charge is 0.262 e. The summed E-state index contributed by atoms with van der Waals surface area (Å²) in [7, 11) is 0. The van der Waals surface area contributed by atoms with Crippen molar-refractivity contribution in [2.45, 2.75) is 89.1 Å². The topological polar surface area (TPSA) is 156 Å². The number of piperazine rings is 1. The first-order valence-corrected chi connectivity index (χ1v) is 23.2. The first-order chi connectivity index (χ1) is 30.5. The van der Waals surface area contributed by atoms with Gasteiger partial charge in [0.05, 0.1) is 23.2 Å². The summed E-state index contributed by atoms with van der Waals surface area (Å²) in [6.07, 6.45) is 9.54. The van der Waals surface area contributed by atoms with E-state index in [1.165, 1.54) is 6.07 Å². The van der Waals surface area contributed by atoms with E-state index in [1.54, 1.807) is 24.3 Å². The van der Waals surface area contributed by atoms with Gasteiger partial charge in [-0.05, 0) is 137 Å². The van der Waals surface area contributed by atoms with Crippen LogP contribution in [0.1, 0.15) is 103 Å². The minimum atomic E-state index is -0.977. The van der Waals surface area contributed by atoms with E-state index in [0.717, 1.165) is 124 Å². The number of nitrogens with zero attached hydrogens (tertiary/aromatic N) is 6. The van der Waals surface area contributed by atoms with Gasteiger partial charge in [-0.2, -0.15) is 0 Å². The molecule has 3 aromatic rings. The van der Waals surface area contributed by atoms with Crippen LogP contribution in [0.4, 0.5) is 10.1 Å². The van der Waals surface area contributed by atoms with Crippen LogP contribution in [0.3, 0.4) is 0 Å². The predicted octanol–water partition coefficient (Wildman–Crippen LogP) is 4.33. The number of imide groups is 2. The zero-order valence-electron chi connectivity index (χ0n) is 36.2. The summed E-state index contributed by atoms with van der Waals surface area (Å²) >= 11 is 0. The molecular weight excluding hydrogens is 804 g/mol. The lowest BCUT2D eigenvalue weighted by molar-refractivity contribution is -0.137. The van der Waals surface area contributed by atoms with Gasteiger partial charge in [0.1, 0.15) is 11.9 Å². The molecule has 0 radical (unpaired) electrons. The number of pyridine rings is 1.